The van der Waals surface area contributed by atoms with Gasteiger partial charge in [-0.25, -0.2) is 4.98 Å². The first-order valence-corrected chi connectivity index (χ1v) is 12.0. The molecule has 1 aromatic carbocycles. The number of hydrogen-bond acceptors (Lipinski definition) is 8. The van der Waals surface area contributed by atoms with Gasteiger partial charge in [0.2, 0.25) is 0 Å². The van der Waals surface area contributed by atoms with Gasteiger partial charge in [0, 0.05) is 17.9 Å². The number of fused-ring (bicyclic) bond motifs is 1. The molecule has 2 N–H and O–H groups in total. The lowest BCUT2D eigenvalue weighted by Crippen LogP contribution is -2.24. The van der Waals surface area contributed by atoms with Gasteiger partial charge in [-0.05, 0) is 30.7 Å². The Balaban J connectivity index is 1.45. The van der Waals surface area contributed by atoms with Crippen LogP contribution in [-0.4, -0.2) is 48.9 Å². The van der Waals surface area contributed by atoms with Gasteiger partial charge in [-0.2, -0.15) is 8.42 Å². The van der Waals surface area contributed by atoms with Gasteiger partial charge in [-0.3, -0.25) is 14.5 Å². The van der Waals surface area contributed by atoms with E-state index in [1.807, 2.05) is 12.1 Å². The number of thioether (sulfide) groups is 1. The van der Waals surface area contributed by atoms with Crippen molar-refractivity contribution in [3.63, 3.8) is 0 Å². The summed E-state index contributed by atoms with van der Waals surface area (Å²) < 4.78 is 33.0. The molecule has 2 aliphatic rings. The topological polar surface area (TPSA) is 110 Å². The molecular formula is C20H22N4O4S2. The first-order chi connectivity index (χ1) is 14.5. The third-order valence-electron chi connectivity index (χ3n) is 4.79. The van der Waals surface area contributed by atoms with Crippen molar-refractivity contribution in [2.45, 2.75) is 36.1 Å². The third kappa shape index (κ3) is 4.44. The molecule has 0 radical (unpaired) electrons. The van der Waals surface area contributed by atoms with Gasteiger partial charge < -0.3 is 10.1 Å². The molecule has 2 unspecified atom stereocenters. The maximum absolute atomic E-state index is 12.7. The minimum absolute atomic E-state index is 0.0327. The predicted molar refractivity (Wildman–Crippen MR) is 118 cm³/mol. The molecule has 158 valence electrons. The number of carbonyl (C=O) groups is 1. The van der Waals surface area contributed by atoms with Crippen LogP contribution in [0.25, 0.3) is 0 Å². The molecule has 1 aromatic heterocycles. The normalized spacial score (nSPS) is 20.2. The molecule has 10 heteroatoms. The van der Waals surface area contributed by atoms with Crippen LogP contribution in [0.2, 0.25) is 0 Å². The molecule has 0 saturated heterocycles. The Bertz CT molecular complexity index is 1070. The van der Waals surface area contributed by atoms with Crippen molar-refractivity contribution in [1.29, 1.82) is 0 Å². The Morgan fingerprint density at radius 3 is 2.93 bits per heavy atom. The minimum Gasteiger partial charge on any atom is -0.466 e. The van der Waals surface area contributed by atoms with E-state index in [4.69, 9.17) is 4.74 Å². The second-order valence-electron chi connectivity index (χ2n) is 6.94. The number of hydrogen-bond donors (Lipinski definition) is 2. The monoisotopic (exact) mass is 446 g/mol. The smallest absolute Gasteiger partial charge is 0.306 e. The summed E-state index contributed by atoms with van der Waals surface area (Å²) in [5.74, 6) is -0.208. The van der Waals surface area contributed by atoms with Crippen LogP contribution in [0.4, 0.5) is 11.4 Å². The molecule has 2 atom stereocenters. The Hall–Kier alpha value is -2.59. The lowest BCUT2D eigenvalue weighted by atomic mass is 10.1. The van der Waals surface area contributed by atoms with Crippen molar-refractivity contribution in [1.82, 2.24) is 4.98 Å². The first kappa shape index (κ1) is 20.7. The van der Waals surface area contributed by atoms with Gasteiger partial charge in [0.05, 0.1) is 42.0 Å². The van der Waals surface area contributed by atoms with Crippen molar-refractivity contribution >= 4 is 44.2 Å². The van der Waals surface area contributed by atoms with Crippen LogP contribution in [0.5, 0.6) is 0 Å². The summed E-state index contributed by atoms with van der Waals surface area (Å²) in [5, 5.41) is 4.38. The number of sulfonamides is 1. The van der Waals surface area contributed by atoms with Crippen molar-refractivity contribution in [2.24, 2.45) is 4.99 Å². The Labute approximate surface area is 179 Å². The van der Waals surface area contributed by atoms with E-state index in [0.29, 0.717) is 31.7 Å². The number of aromatic nitrogens is 1. The molecule has 3 heterocycles. The zero-order valence-corrected chi connectivity index (χ0v) is 18.0. The summed E-state index contributed by atoms with van der Waals surface area (Å²) in [5.41, 5.74) is 2.24. The van der Waals surface area contributed by atoms with E-state index < -0.39 is 10.0 Å². The van der Waals surface area contributed by atoms with Gasteiger partial charge in [-0.1, -0.05) is 18.2 Å². The number of pyridine rings is 1. The van der Waals surface area contributed by atoms with Crippen LogP contribution >= 0.6 is 11.8 Å². The van der Waals surface area contributed by atoms with Crippen LogP contribution in [0.3, 0.4) is 0 Å². The molecule has 2 aliphatic heterocycles. The lowest BCUT2D eigenvalue weighted by Gasteiger charge is -2.15. The number of benzene rings is 1. The van der Waals surface area contributed by atoms with Crippen molar-refractivity contribution < 1.29 is 17.9 Å². The van der Waals surface area contributed by atoms with Gasteiger partial charge >= 0.3 is 5.97 Å². The van der Waals surface area contributed by atoms with Crippen LogP contribution in [0.15, 0.2) is 52.6 Å². The van der Waals surface area contributed by atoms with E-state index in [9.17, 15) is 13.2 Å². The molecule has 0 aliphatic carbocycles. The number of esters is 1. The van der Waals surface area contributed by atoms with E-state index in [1.165, 1.54) is 12.3 Å². The number of para-hydroxylation sites is 1. The largest absolute Gasteiger partial charge is 0.466 e. The molecule has 4 rings (SSSR count). The summed E-state index contributed by atoms with van der Waals surface area (Å²) >= 11 is 1.59. The number of anilines is 2. The average molecular weight is 447 g/mol. The van der Waals surface area contributed by atoms with Gasteiger partial charge in [-0.15, -0.1) is 11.8 Å². The molecule has 0 saturated carbocycles. The van der Waals surface area contributed by atoms with Crippen LogP contribution in [-0.2, 0) is 26.0 Å². The van der Waals surface area contributed by atoms with Crippen molar-refractivity contribution in [2.75, 3.05) is 23.2 Å². The number of aliphatic imine (C=N–C) groups is 1. The molecule has 2 aromatic rings. The van der Waals surface area contributed by atoms with E-state index in [1.54, 1.807) is 36.9 Å². The molecule has 0 amide bonds. The molecule has 0 bridgehead atoms. The minimum atomic E-state index is -3.79. The first-order valence-electron chi connectivity index (χ1n) is 9.65. The third-order valence-corrected chi connectivity index (χ3v) is 7.37. The lowest BCUT2D eigenvalue weighted by molar-refractivity contribution is -0.143. The summed E-state index contributed by atoms with van der Waals surface area (Å²) in [6.07, 6.45) is 2.48. The predicted octanol–water partition coefficient (Wildman–Crippen LogP) is 2.69. The highest BCUT2D eigenvalue weighted by molar-refractivity contribution is 8.15. The summed E-state index contributed by atoms with van der Waals surface area (Å²) in [6.45, 7) is 2.74. The zero-order valence-electron chi connectivity index (χ0n) is 16.4. The van der Waals surface area contributed by atoms with Crippen molar-refractivity contribution in [3.05, 3.63) is 48.2 Å². The van der Waals surface area contributed by atoms with E-state index >= 15 is 0 Å². The highest BCUT2D eigenvalue weighted by atomic mass is 32.2. The fraction of sp³-hybridized carbons (Fsp3) is 0.350. The summed E-state index contributed by atoms with van der Waals surface area (Å²) in [7, 11) is -3.79. The number of carbonyl (C=O) groups excluding carboxylic acids is 1. The van der Waals surface area contributed by atoms with Crippen LogP contribution in [0, 0.1) is 0 Å². The van der Waals surface area contributed by atoms with Gasteiger partial charge in [0.15, 0.2) is 5.03 Å². The fourth-order valence-corrected chi connectivity index (χ4v) is 5.65. The van der Waals surface area contributed by atoms with E-state index in [-0.39, 0.29) is 22.3 Å². The average Bonchev–Trinajstić information content (AvgIpc) is 3.36. The van der Waals surface area contributed by atoms with E-state index in [2.05, 4.69) is 20.0 Å². The molecule has 8 nitrogen and oxygen atoms in total. The molecule has 30 heavy (non-hydrogen) atoms. The molecule has 0 spiro atoms. The maximum atomic E-state index is 12.7. The maximum Gasteiger partial charge on any atom is 0.306 e. The quantitative estimate of drug-likeness (QED) is 0.629. The van der Waals surface area contributed by atoms with Gasteiger partial charge in [0.25, 0.3) is 10.0 Å². The fourth-order valence-electron chi connectivity index (χ4n) is 3.46. The summed E-state index contributed by atoms with van der Waals surface area (Å²) in [4.78, 5) is 20.3. The van der Waals surface area contributed by atoms with Crippen LogP contribution < -0.4 is 10.0 Å². The number of rotatable bonds is 7. The standard InChI is InChI=1S/C20H22N4O4S2/c1-2-28-18(25)11-14-12-22-20(29-14)16-10-13-6-5-7-15(19(13)23-16)24-30(26,27)17-8-3-4-9-21-17/h3-9,14,16,23-24H,2,10-12H2,1H3. The second-order valence-corrected chi connectivity index (χ2v) is 9.89. The van der Waals surface area contributed by atoms with Crippen LogP contribution in [0.1, 0.15) is 18.9 Å². The van der Waals surface area contributed by atoms with E-state index in [0.717, 1.165) is 16.3 Å². The van der Waals surface area contributed by atoms with Gasteiger partial charge in [0.1, 0.15) is 0 Å². The SMILES string of the molecule is CCOC(=O)CC1CN=C(C2Cc3cccc(NS(=O)(=O)c4ccccn4)c3N2)S1. The molecule has 0 fully saturated rings. The Kier molecular flexibility index (Phi) is 5.96. The highest BCUT2D eigenvalue weighted by Crippen LogP contribution is 2.38. The zero-order chi connectivity index (χ0) is 21.1. The number of nitrogens with one attached hydrogen (secondary N) is 2. The van der Waals surface area contributed by atoms with Crippen molar-refractivity contribution in [3.8, 4) is 0 Å². The summed E-state index contributed by atoms with van der Waals surface area (Å²) in [6, 6.07) is 10.2. The molecular weight excluding hydrogens is 424 g/mol. The second kappa shape index (κ2) is 8.65. The Morgan fingerprint density at radius 2 is 2.17 bits per heavy atom. The Morgan fingerprint density at radius 1 is 1.30 bits per heavy atom. The number of nitrogens with zero attached hydrogens (tertiary/aromatic N) is 2. The number of ether oxygens (including phenoxy) is 1. The highest BCUT2D eigenvalue weighted by Gasteiger charge is 2.33.